The minimum absolute atomic E-state index is 0.439. The summed E-state index contributed by atoms with van der Waals surface area (Å²) in [4.78, 5) is 0. The van der Waals surface area contributed by atoms with Crippen molar-refractivity contribution in [2.45, 2.75) is 32.0 Å². The number of allylic oxidation sites excluding steroid dienone is 4. The monoisotopic (exact) mass is 300 g/mol. The average molecular weight is 300 g/mol. The molecular formula is C21H21BO. The first-order chi connectivity index (χ1) is 11.3. The second-order valence-electron chi connectivity index (χ2n) is 6.61. The third kappa shape index (κ3) is 2.47. The van der Waals surface area contributed by atoms with E-state index in [-0.39, 0.29) is 0 Å². The van der Waals surface area contributed by atoms with Crippen LogP contribution in [0.5, 0.6) is 0 Å². The molecule has 114 valence electrons. The van der Waals surface area contributed by atoms with E-state index in [0.29, 0.717) is 5.92 Å². The standard InChI is InChI=1S/C21H21BO/c1-22(23)20-13-7-10-16-14-19(15-8-3-2-4-9-15)17-11-5-6-12-18(17)21(16)20/h2-3,5-8,10-13,19,23H,4,9,14H2,1H3/t19-/m0/s1. The predicted octanol–water partition coefficient (Wildman–Crippen LogP) is 4.09. The zero-order valence-electron chi connectivity index (χ0n) is 13.5. The molecule has 2 aliphatic rings. The summed E-state index contributed by atoms with van der Waals surface area (Å²) in [6, 6.07) is 15.1. The summed E-state index contributed by atoms with van der Waals surface area (Å²) in [6.07, 6.45) is 10.1. The zero-order chi connectivity index (χ0) is 15.8. The van der Waals surface area contributed by atoms with Crippen molar-refractivity contribution >= 4 is 12.4 Å². The van der Waals surface area contributed by atoms with Crippen molar-refractivity contribution in [2.24, 2.45) is 0 Å². The van der Waals surface area contributed by atoms with Gasteiger partial charge in [-0.25, -0.2) is 0 Å². The Morgan fingerprint density at radius 2 is 1.96 bits per heavy atom. The van der Waals surface area contributed by atoms with Crippen LogP contribution in [0.15, 0.2) is 66.3 Å². The maximum atomic E-state index is 10.2. The van der Waals surface area contributed by atoms with E-state index in [1.54, 1.807) is 0 Å². The van der Waals surface area contributed by atoms with E-state index in [0.717, 1.165) is 24.7 Å². The topological polar surface area (TPSA) is 20.2 Å². The molecule has 2 aromatic rings. The zero-order valence-corrected chi connectivity index (χ0v) is 13.5. The molecule has 0 heterocycles. The highest BCUT2D eigenvalue weighted by Gasteiger charge is 2.29. The Bertz CT molecular complexity index is 801. The van der Waals surface area contributed by atoms with Gasteiger partial charge in [-0.15, -0.1) is 0 Å². The van der Waals surface area contributed by atoms with Gasteiger partial charge in [0.1, 0.15) is 0 Å². The molecular weight excluding hydrogens is 279 g/mol. The van der Waals surface area contributed by atoms with Crippen LogP contribution in [0.2, 0.25) is 6.82 Å². The molecule has 4 rings (SSSR count). The van der Waals surface area contributed by atoms with Crippen LogP contribution in [0.1, 0.15) is 29.9 Å². The summed E-state index contributed by atoms with van der Waals surface area (Å²) in [7, 11) is 0. The maximum absolute atomic E-state index is 10.2. The van der Waals surface area contributed by atoms with Gasteiger partial charge in [-0.2, -0.15) is 0 Å². The predicted molar refractivity (Wildman–Crippen MR) is 98.3 cm³/mol. The fourth-order valence-corrected chi connectivity index (χ4v) is 4.07. The first-order valence-corrected chi connectivity index (χ1v) is 8.50. The van der Waals surface area contributed by atoms with Crippen molar-refractivity contribution in [1.29, 1.82) is 0 Å². The quantitative estimate of drug-likeness (QED) is 0.828. The highest BCUT2D eigenvalue weighted by Crippen LogP contribution is 2.43. The molecule has 0 amide bonds. The normalized spacial score (nSPS) is 18.9. The first-order valence-electron chi connectivity index (χ1n) is 8.50. The molecule has 0 aliphatic heterocycles. The van der Waals surface area contributed by atoms with Crippen molar-refractivity contribution in [1.82, 2.24) is 0 Å². The van der Waals surface area contributed by atoms with E-state index in [9.17, 15) is 5.02 Å². The molecule has 1 atom stereocenters. The smallest absolute Gasteiger partial charge is 0.321 e. The van der Waals surface area contributed by atoms with Gasteiger partial charge in [0.2, 0.25) is 0 Å². The molecule has 2 aliphatic carbocycles. The number of hydrogen-bond donors (Lipinski definition) is 1. The number of benzene rings is 2. The van der Waals surface area contributed by atoms with E-state index < -0.39 is 6.92 Å². The number of fused-ring (bicyclic) bond motifs is 3. The van der Waals surface area contributed by atoms with Crippen LogP contribution < -0.4 is 5.46 Å². The van der Waals surface area contributed by atoms with Crippen LogP contribution in [0, 0.1) is 0 Å². The van der Waals surface area contributed by atoms with Gasteiger partial charge in [0.05, 0.1) is 0 Å². The molecule has 23 heavy (non-hydrogen) atoms. The van der Waals surface area contributed by atoms with Crippen LogP contribution in [-0.4, -0.2) is 11.9 Å². The highest BCUT2D eigenvalue weighted by atomic mass is 16.2. The van der Waals surface area contributed by atoms with E-state index >= 15 is 0 Å². The van der Waals surface area contributed by atoms with Crippen LogP contribution in [0.25, 0.3) is 11.1 Å². The van der Waals surface area contributed by atoms with Crippen LogP contribution >= 0.6 is 0 Å². The van der Waals surface area contributed by atoms with E-state index in [1.165, 1.54) is 27.8 Å². The van der Waals surface area contributed by atoms with Gasteiger partial charge >= 0.3 is 6.92 Å². The lowest BCUT2D eigenvalue weighted by molar-refractivity contribution is 0.594. The third-order valence-corrected chi connectivity index (χ3v) is 5.16. The highest BCUT2D eigenvalue weighted by molar-refractivity contribution is 6.66. The lowest BCUT2D eigenvalue weighted by Gasteiger charge is -2.32. The fourth-order valence-electron chi connectivity index (χ4n) is 4.07. The Morgan fingerprint density at radius 3 is 2.74 bits per heavy atom. The second-order valence-corrected chi connectivity index (χ2v) is 6.61. The Balaban J connectivity index is 1.91. The van der Waals surface area contributed by atoms with Crippen molar-refractivity contribution < 1.29 is 5.02 Å². The summed E-state index contributed by atoms with van der Waals surface area (Å²) in [6.45, 7) is 1.42. The van der Waals surface area contributed by atoms with Crippen molar-refractivity contribution in [3.63, 3.8) is 0 Å². The summed E-state index contributed by atoms with van der Waals surface area (Å²) >= 11 is 0. The maximum Gasteiger partial charge on any atom is 0.321 e. The van der Waals surface area contributed by atoms with E-state index in [4.69, 9.17) is 0 Å². The molecule has 2 heteroatoms. The van der Waals surface area contributed by atoms with Crippen molar-refractivity contribution in [2.75, 3.05) is 0 Å². The Kier molecular flexibility index (Phi) is 3.70. The van der Waals surface area contributed by atoms with Gasteiger partial charge < -0.3 is 5.02 Å². The minimum Gasteiger partial charge on any atom is -0.446 e. The molecule has 0 aromatic heterocycles. The molecule has 0 saturated heterocycles. The molecule has 1 N–H and O–H groups in total. The lowest BCUT2D eigenvalue weighted by Crippen LogP contribution is -2.31. The van der Waals surface area contributed by atoms with Gasteiger partial charge in [-0.05, 0) is 47.0 Å². The summed E-state index contributed by atoms with van der Waals surface area (Å²) in [5.74, 6) is 0.466. The SMILES string of the molecule is CB(O)c1cccc2c1-c1ccccc1[C@H](C1=CC=CCC1)C2. The van der Waals surface area contributed by atoms with Gasteiger partial charge in [0.15, 0.2) is 0 Å². The summed E-state index contributed by atoms with van der Waals surface area (Å²) in [5.41, 5.74) is 7.91. The van der Waals surface area contributed by atoms with Crippen molar-refractivity contribution in [3.8, 4) is 11.1 Å². The van der Waals surface area contributed by atoms with Crippen molar-refractivity contribution in [3.05, 3.63) is 77.4 Å². The Morgan fingerprint density at radius 1 is 1.09 bits per heavy atom. The Labute approximate surface area is 138 Å². The van der Waals surface area contributed by atoms with Gasteiger partial charge in [-0.1, -0.05) is 73.1 Å². The lowest BCUT2D eigenvalue weighted by atomic mass is 9.59. The number of rotatable bonds is 2. The average Bonchev–Trinajstić information content (AvgIpc) is 2.61. The molecule has 2 aromatic carbocycles. The molecule has 0 bridgehead atoms. The van der Waals surface area contributed by atoms with Gasteiger partial charge in [0.25, 0.3) is 0 Å². The van der Waals surface area contributed by atoms with Gasteiger partial charge in [0, 0.05) is 5.92 Å². The minimum atomic E-state index is -0.439. The molecule has 0 unspecified atom stereocenters. The number of hydrogen-bond acceptors (Lipinski definition) is 1. The molecule has 0 radical (unpaired) electrons. The van der Waals surface area contributed by atoms with E-state index in [2.05, 4.69) is 60.7 Å². The largest absolute Gasteiger partial charge is 0.446 e. The molecule has 0 fully saturated rings. The van der Waals surface area contributed by atoms with Gasteiger partial charge in [-0.3, -0.25) is 0 Å². The summed E-state index contributed by atoms with van der Waals surface area (Å²) in [5, 5.41) is 10.2. The van der Waals surface area contributed by atoms with E-state index in [1.807, 2.05) is 6.82 Å². The molecule has 0 saturated carbocycles. The van der Waals surface area contributed by atoms with Crippen LogP contribution in [-0.2, 0) is 6.42 Å². The first kappa shape index (κ1) is 14.5. The molecule has 0 spiro atoms. The summed E-state index contributed by atoms with van der Waals surface area (Å²) < 4.78 is 0. The third-order valence-electron chi connectivity index (χ3n) is 5.16. The molecule has 1 nitrogen and oxygen atoms in total. The van der Waals surface area contributed by atoms with Crippen LogP contribution in [0.4, 0.5) is 0 Å². The van der Waals surface area contributed by atoms with Crippen LogP contribution in [0.3, 0.4) is 0 Å². The Hall–Kier alpha value is -2.06. The second kappa shape index (κ2) is 5.86. The fraction of sp³-hybridized carbons (Fsp3) is 0.238.